The van der Waals surface area contributed by atoms with Gasteiger partial charge in [-0.25, -0.2) is 9.78 Å². The maximum atomic E-state index is 12.8. The Hall–Kier alpha value is -3.35. The van der Waals surface area contributed by atoms with Gasteiger partial charge in [-0.15, -0.1) is 0 Å². The van der Waals surface area contributed by atoms with E-state index < -0.39 is 5.97 Å². The van der Waals surface area contributed by atoms with E-state index in [2.05, 4.69) is 4.98 Å². The number of nitrogen functional groups attached to an aromatic ring is 1. The van der Waals surface area contributed by atoms with E-state index in [-0.39, 0.29) is 11.6 Å². The van der Waals surface area contributed by atoms with Crippen LogP contribution < -0.4 is 10.5 Å². The number of esters is 1. The summed E-state index contributed by atoms with van der Waals surface area (Å²) in [6.45, 7) is 0. The summed E-state index contributed by atoms with van der Waals surface area (Å²) in [5, 5.41) is 0. The summed E-state index contributed by atoms with van der Waals surface area (Å²) >= 11 is 0. The number of carbonyl (C=O) groups excluding carboxylic acids is 2. The number of anilines is 1. The molecule has 7 heteroatoms. The molecule has 2 heterocycles. The standard InChI is InChI=1S/C17H15N3O4/c1-23-14-7-10(4-6-13(14)18)15(21)16-19-8-12-5-3-11(9-20(12)16)17(22)24-2/h3-9H,18H2,1-2H3. The van der Waals surface area contributed by atoms with E-state index >= 15 is 0 Å². The van der Waals surface area contributed by atoms with Crippen molar-refractivity contribution in [1.82, 2.24) is 9.38 Å². The van der Waals surface area contributed by atoms with Crippen molar-refractivity contribution in [3.63, 3.8) is 0 Å². The third kappa shape index (κ3) is 2.56. The zero-order valence-electron chi connectivity index (χ0n) is 13.1. The minimum atomic E-state index is -0.488. The fraction of sp³-hybridized carbons (Fsp3) is 0.118. The molecule has 0 aliphatic carbocycles. The van der Waals surface area contributed by atoms with Gasteiger partial charge in [-0.2, -0.15) is 0 Å². The van der Waals surface area contributed by atoms with Gasteiger partial charge < -0.3 is 15.2 Å². The molecule has 0 radical (unpaired) electrons. The maximum absolute atomic E-state index is 12.8. The summed E-state index contributed by atoms with van der Waals surface area (Å²) in [6, 6.07) is 8.07. The van der Waals surface area contributed by atoms with Gasteiger partial charge in [0.15, 0.2) is 5.82 Å². The molecule has 7 nitrogen and oxygen atoms in total. The van der Waals surface area contributed by atoms with Crippen LogP contribution in [0.1, 0.15) is 26.5 Å². The lowest BCUT2D eigenvalue weighted by Crippen LogP contribution is -2.09. The Kier molecular flexibility index (Phi) is 3.91. The van der Waals surface area contributed by atoms with Gasteiger partial charge in [-0.05, 0) is 30.3 Å². The third-order valence-electron chi connectivity index (χ3n) is 3.65. The highest BCUT2D eigenvalue weighted by Gasteiger charge is 2.18. The Morgan fingerprint density at radius 3 is 2.58 bits per heavy atom. The van der Waals surface area contributed by atoms with Crippen molar-refractivity contribution in [3.8, 4) is 5.75 Å². The molecule has 0 spiro atoms. The highest BCUT2D eigenvalue weighted by molar-refractivity contribution is 6.07. The van der Waals surface area contributed by atoms with Crippen LogP contribution in [0.15, 0.2) is 42.7 Å². The van der Waals surface area contributed by atoms with E-state index in [1.54, 1.807) is 40.9 Å². The van der Waals surface area contributed by atoms with Gasteiger partial charge in [0.2, 0.25) is 5.78 Å². The largest absolute Gasteiger partial charge is 0.495 e. The lowest BCUT2D eigenvalue weighted by atomic mass is 10.1. The quantitative estimate of drug-likeness (QED) is 0.447. The fourth-order valence-corrected chi connectivity index (χ4v) is 2.38. The molecule has 3 aromatic rings. The number of rotatable bonds is 4. The third-order valence-corrected chi connectivity index (χ3v) is 3.65. The van der Waals surface area contributed by atoms with Crippen molar-refractivity contribution < 1.29 is 19.1 Å². The van der Waals surface area contributed by atoms with E-state index in [0.29, 0.717) is 28.1 Å². The van der Waals surface area contributed by atoms with Crippen molar-refractivity contribution in [2.45, 2.75) is 0 Å². The Morgan fingerprint density at radius 2 is 1.88 bits per heavy atom. The number of ether oxygens (including phenoxy) is 2. The second-order valence-electron chi connectivity index (χ2n) is 5.07. The van der Waals surface area contributed by atoms with E-state index in [9.17, 15) is 9.59 Å². The van der Waals surface area contributed by atoms with Crippen LogP contribution in [0.2, 0.25) is 0 Å². The molecule has 0 saturated carbocycles. The zero-order chi connectivity index (χ0) is 17.3. The molecule has 0 bridgehead atoms. The first-order valence-corrected chi connectivity index (χ1v) is 7.08. The van der Waals surface area contributed by atoms with E-state index in [1.807, 2.05) is 0 Å². The molecule has 0 aliphatic rings. The number of methoxy groups -OCH3 is 2. The van der Waals surface area contributed by atoms with E-state index in [1.165, 1.54) is 20.4 Å². The summed E-state index contributed by atoms with van der Waals surface area (Å²) < 4.78 is 11.4. The van der Waals surface area contributed by atoms with Crippen molar-refractivity contribution in [2.75, 3.05) is 20.0 Å². The number of aromatic nitrogens is 2. The molecule has 3 rings (SSSR count). The summed E-state index contributed by atoms with van der Waals surface area (Å²) in [6.07, 6.45) is 3.08. The molecule has 1 aromatic carbocycles. The first-order chi connectivity index (χ1) is 11.5. The van der Waals surface area contributed by atoms with Crippen molar-refractivity contribution in [3.05, 3.63) is 59.7 Å². The Balaban J connectivity index is 2.08. The van der Waals surface area contributed by atoms with Gasteiger partial charge in [-0.3, -0.25) is 9.20 Å². The van der Waals surface area contributed by atoms with Gasteiger partial charge in [0.05, 0.1) is 37.2 Å². The van der Waals surface area contributed by atoms with Crippen LogP contribution >= 0.6 is 0 Å². The predicted molar refractivity (Wildman–Crippen MR) is 87.4 cm³/mol. The van der Waals surface area contributed by atoms with Crippen molar-refractivity contribution >= 4 is 23.0 Å². The van der Waals surface area contributed by atoms with Crippen LogP contribution in [0.5, 0.6) is 5.75 Å². The fourth-order valence-electron chi connectivity index (χ4n) is 2.38. The van der Waals surface area contributed by atoms with Gasteiger partial charge in [0.25, 0.3) is 0 Å². The zero-order valence-corrected chi connectivity index (χ0v) is 13.1. The smallest absolute Gasteiger partial charge is 0.339 e. The molecule has 24 heavy (non-hydrogen) atoms. The number of carbonyl (C=O) groups is 2. The number of fused-ring (bicyclic) bond motifs is 1. The highest BCUT2D eigenvalue weighted by atomic mass is 16.5. The molecule has 2 aromatic heterocycles. The Morgan fingerprint density at radius 1 is 1.12 bits per heavy atom. The van der Waals surface area contributed by atoms with Crippen LogP contribution in [-0.4, -0.2) is 35.4 Å². The summed E-state index contributed by atoms with van der Waals surface area (Å²) in [7, 11) is 2.78. The lowest BCUT2D eigenvalue weighted by molar-refractivity contribution is 0.0600. The van der Waals surface area contributed by atoms with Gasteiger partial charge in [-0.1, -0.05) is 0 Å². The first-order valence-electron chi connectivity index (χ1n) is 7.08. The van der Waals surface area contributed by atoms with E-state index in [0.717, 1.165) is 0 Å². The maximum Gasteiger partial charge on any atom is 0.339 e. The Labute approximate surface area is 137 Å². The van der Waals surface area contributed by atoms with Crippen molar-refractivity contribution in [2.24, 2.45) is 0 Å². The van der Waals surface area contributed by atoms with Crippen LogP contribution in [0.3, 0.4) is 0 Å². The minimum Gasteiger partial charge on any atom is -0.495 e. The number of hydrogen-bond donors (Lipinski definition) is 1. The molecule has 0 saturated heterocycles. The Bertz CT molecular complexity index is 946. The average molecular weight is 325 g/mol. The molecule has 0 aliphatic heterocycles. The second kappa shape index (κ2) is 6.04. The first kappa shape index (κ1) is 15.5. The van der Waals surface area contributed by atoms with Crippen LogP contribution in [0, 0.1) is 0 Å². The number of hydrogen-bond acceptors (Lipinski definition) is 6. The number of nitrogens with two attached hydrogens (primary N) is 1. The molecule has 122 valence electrons. The normalized spacial score (nSPS) is 10.6. The molecular weight excluding hydrogens is 310 g/mol. The predicted octanol–water partition coefficient (Wildman–Crippen LogP) is 1.94. The molecule has 0 amide bonds. The molecule has 0 fully saturated rings. The van der Waals surface area contributed by atoms with Gasteiger partial charge >= 0.3 is 5.97 Å². The molecule has 2 N–H and O–H groups in total. The lowest BCUT2D eigenvalue weighted by Gasteiger charge is -2.07. The monoisotopic (exact) mass is 325 g/mol. The number of nitrogens with zero attached hydrogens (tertiary/aromatic N) is 2. The molecule has 0 unspecified atom stereocenters. The summed E-state index contributed by atoms with van der Waals surface area (Å²) in [5.74, 6) is -0.201. The van der Waals surface area contributed by atoms with Gasteiger partial charge in [0, 0.05) is 11.8 Å². The number of benzene rings is 1. The van der Waals surface area contributed by atoms with Crippen LogP contribution in [0.25, 0.3) is 5.52 Å². The molecular formula is C17H15N3O4. The average Bonchev–Trinajstić information content (AvgIpc) is 3.03. The highest BCUT2D eigenvalue weighted by Crippen LogP contribution is 2.24. The summed E-state index contributed by atoms with van der Waals surface area (Å²) in [4.78, 5) is 28.6. The SMILES string of the molecule is COC(=O)c1ccc2cnc(C(=O)c3ccc(N)c(OC)c3)n2c1. The number of ketones is 1. The number of imidazole rings is 1. The topological polar surface area (TPSA) is 95.9 Å². The van der Waals surface area contributed by atoms with E-state index in [4.69, 9.17) is 15.2 Å². The van der Waals surface area contributed by atoms with Crippen molar-refractivity contribution in [1.29, 1.82) is 0 Å². The summed E-state index contributed by atoms with van der Waals surface area (Å²) in [5.41, 5.74) is 7.61. The minimum absolute atomic E-state index is 0.183. The molecule has 0 atom stereocenters. The second-order valence-corrected chi connectivity index (χ2v) is 5.07. The number of pyridine rings is 1. The van der Waals surface area contributed by atoms with Crippen LogP contribution in [0.4, 0.5) is 5.69 Å². The van der Waals surface area contributed by atoms with Crippen LogP contribution in [-0.2, 0) is 4.74 Å². The van der Waals surface area contributed by atoms with Gasteiger partial charge in [0.1, 0.15) is 5.75 Å².